The number of aromatic nitrogens is 2. The number of amides is 1. The second kappa shape index (κ2) is 8.18. The molecule has 0 spiro atoms. The van der Waals surface area contributed by atoms with Crippen molar-refractivity contribution in [1.29, 1.82) is 0 Å². The summed E-state index contributed by atoms with van der Waals surface area (Å²) < 4.78 is 6.71. The van der Waals surface area contributed by atoms with Gasteiger partial charge in [-0.1, -0.05) is 6.92 Å². The van der Waals surface area contributed by atoms with Crippen LogP contribution in [0.5, 0.6) is 0 Å². The maximum absolute atomic E-state index is 12.5. The number of hydrogen-bond acceptors (Lipinski definition) is 6. The summed E-state index contributed by atoms with van der Waals surface area (Å²) in [7, 11) is 1.68. The molecule has 0 radical (unpaired) electrons. The van der Waals surface area contributed by atoms with Crippen LogP contribution in [0.2, 0.25) is 0 Å². The highest BCUT2D eigenvalue weighted by atomic mass is 32.1. The van der Waals surface area contributed by atoms with Crippen LogP contribution in [0.1, 0.15) is 51.6 Å². The molecule has 2 aromatic rings. The van der Waals surface area contributed by atoms with E-state index in [-0.39, 0.29) is 17.0 Å². The summed E-state index contributed by atoms with van der Waals surface area (Å²) in [6.45, 7) is 4.30. The topological polar surface area (TPSA) is 85.2 Å². The minimum absolute atomic E-state index is 0.137. The van der Waals surface area contributed by atoms with Gasteiger partial charge in [0, 0.05) is 18.1 Å². The number of fused-ring (bicyclic) bond motifs is 1. The Bertz CT molecular complexity index is 887. The van der Waals surface area contributed by atoms with Gasteiger partial charge in [0.1, 0.15) is 10.7 Å². The number of hydrogen-bond donors (Lipinski definition) is 2. The highest BCUT2D eigenvalue weighted by molar-refractivity contribution is 7.80. The molecule has 0 aromatic carbocycles. The van der Waals surface area contributed by atoms with E-state index in [4.69, 9.17) is 17.0 Å². The molecule has 2 N–H and O–H groups in total. The van der Waals surface area contributed by atoms with Gasteiger partial charge >= 0.3 is 5.97 Å². The Hall–Kier alpha value is -2.26. The van der Waals surface area contributed by atoms with E-state index in [1.807, 2.05) is 0 Å². The molecule has 1 amide bonds. The minimum atomic E-state index is -0.361. The van der Waals surface area contributed by atoms with Crippen molar-refractivity contribution >= 4 is 45.5 Å². The van der Waals surface area contributed by atoms with Gasteiger partial charge in [0.05, 0.1) is 12.2 Å². The molecule has 0 aliphatic heterocycles. The fourth-order valence-corrected chi connectivity index (χ4v) is 4.82. The van der Waals surface area contributed by atoms with Gasteiger partial charge < -0.3 is 10.1 Å². The molecule has 0 fully saturated rings. The van der Waals surface area contributed by atoms with E-state index in [0.29, 0.717) is 28.8 Å². The smallest absolute Gasteiger partial charge is 0.341 e. The summed E-state index contributed by atoms with van der Waals surface area (Å²) in [6.07, 6.45) is 4.36. The highest BCUT2D eigenvalue weighted by Gasteiger charge is 2.29. The van der Waals surface area contributed by atoms with Gasteiger partial charge in [0.15, 0.2) is 5.11 Å². The van der Waals surface area contributed by atoms with Crippen LogP contribution in [0, 0.1) is 5.92 Å². The monoisotopic (exact) mass is 406 g/mol. The van der Waals surface area contributed by atoms with Crippen molar-refractivity contribution in [2.45, 2.75) is 33.1 Å². The zero-order valence-electron chi connectivity index (χ0n) is 15.5. The summed E-state index contributed by atoms with van der Waals surface area (Å²) in [6, 6.07) is 1.60. The first kappa shape index (κ1) is 19.5. The number of thiocarbonyl (C=S) groups is 1. The molecule has 7 nitrogen and oxygen atoms in total. The van der Waals surface area contributed by atoms with Crippen LogP contribution >= 0.6 is 23.6 Å². The molecule has 3 rings (SSSR count). The fraction of sp³-hybridized carbons (Fsp3) is 0.444. The normalized spacial score (nSPS) is 15.7. The van der Waals surface area contributed by atoms with Crippen molar-refractivity contribution in [1.82, 2.24) is 15.1 Å². The zero-order valence-corrected chi connectivity index (χ0v) is 17.1. The summed E-state index contributed by atoms with van der Waals surface area (Å²) in [5.41, 5.74) is 1.98. The molecule has 1 unspecified atom stereocenters. The van der Waals surface area contributed by atoms with Gasteiger partial charge in [-0.3, -0.25) is 14.8 Å². The van der Waals surface area contributed by atoms with Crippen LogP contribution in [0.25, 0.3) is 0 Å². The van der Waals surface area contributed by atoms with Crippen molar-refractivity contribution in [3.63, 3.8) is 0 Å². The molecule has 144 valence electrons. The maximum Gasteiger partial charge on any atom is 0.341 e. The highest BCUT2D eigenvalue weighted by Crippen LogP contribution is 2.40. The third-order valence-corrected chi connectivity index (χ3v) is 5.87. The molecule has 1 atom stereocenters. The first-order valence-corrected chi connectivity index (χ1v) is 10.0. The number of ether oxygens (including phenoxy) is 1. The number of aryl methyl sites for hydroxylation is 1. The lowest BCUT2D eigenvalue weighted by Gasteiger charge is -2.18. The molecule has 0 saturated heterocycles. The predicted molar refractivity (Wildman–Crippen MR) is 108 cm³/mol. The summed E-state index contributed by atoms with van der Waals surface area (Å²) in [4.78, 5) is 26.0. The summed E-state index contributed by atoms with van der Waals surface area (Å²) in [5.74, 6) is -0.136. The number of nitrogens with zero attached hydrogens (tertiary/aromatic N) is 2. The number of nitrogens with one attached hydrogen (secondary N) is 2. The molecule has 0 saturated carbocycles. The average Bonchev–Trinajstić information content (AvgIpc) is 3.17. The van der Waals surface area contributed by atoms with Crippen molar-refractivity contribution in [2.24, 2.45) is 13.0 Å². The van der Waals surface area contributed by atoms with E-state index in [1.54, 1.807) is 26.2 Å². The first-order chi connectivity index (χ1) is 12.9. The molecule has 2 heterocycles. The van der Waals surface area contributed by atoms with Crippen molar-refractivity contribution in [2.75, 3.05) is 11.9 Å². The Morgan fingerprint density at radius 3 is 2.93 bits per heavy atom. The molecule has 9 heteroatoms. The van der Waals surface area contributed by atoms with E-state index >= 15 is 0 Å². The standard InChI is InChI=1S/C18H22N4O3S2/c1-4-25-17(24)14-11-6-5-10(2)9-13(11)27-16(14)21-18(26)20-15(23)12-7-8-19-22(12)3/h7-8,10H,4-6,9H2,1-3H3,(H2,20,21,23,26). The van der Waals surface area contributed by atoms with E-state index < -0.39 is 0 Å². The predicted octanol–water partition coefficient (Wildman–Crippen LogP) is 2.91. The van der Waals surface area contributed by atoms with E-state index in [2.05, 4.69) is 22.7 Å². The maximum atomic E-state index is 12.5. The van der Waals surface area contributed by atoms with Crippen LogP contribution < -0.4 is 10.6 Å². The van der Waals surface area contributed by atoms with Crippen LogP contribution in [-0.4, -0.2) is 33.4 Å². The van der Waals surface area contributed by atoms with Gasteiger partial charge in [0.2, 0.25) is 0 Å². The van der Waals surface area contributed by atoms with Crippen LogP contribution in [0.4, 0.5) is 5.00 Å². The molecule has 1 aliphatic rings. The lowest BCUT2D eigenvalue weighted by atomic mass is 9.88. The third kappa shape index (κ3) is 4.19. The fourth-order valence-electron chi connectivity index (χ4n) is 3.16. The summed E-state index contributed by atoms with van der Waals surface area (Å²) in [5, 5.41) is 10.4. The van der Waals surface area contributed by atoms with Gasteiger partial charge in [-0.2, -0.15) is 5.10 Å². The second-order valence-corrected chi connectivity index (χ2v) is 8.04. The minimum Gasteiger partial charge on any atom is -0.462 e. The van der Waals surface area contributed by atoms with Crippen LogP contribution in [0.3, 0.4) is 0 Å². The van der Waals surface area contributed by atoms with Crippen molar-refractivity contribution in [3.8, 4) is 0 Å². The Morgan fingerprint density at radius 1 is 1.48 bits per heavy atom. The van der Waals surface area contributed by atoms with Gasteiger partial charge in [0.25, 0.3) is 5.91 Å². The molecule has 2 aromatic heterocycles. The van der Waals surface area contributed by atoms with Gasteiger partial charge in [-0.15, -0.1) is 11.3 Å². The number of carbonyl (C=O) groups excluding carboxylic acids is 2. The molecule has 27 heavy (non-hydrogen) atoms. The SMILES string of the molecule is CCOC(=O)c1c(NC(=S)NC(=O)c2ccnn2C)sc2c1CCC(C)C2. The van der Waals surface area contributed by atoms with Gasteiger partial charge in [-0.25, -0.2) is 4.79 Å². The van der Waals surface area contributed by atoms with E-state index in [1.165, 1.54) is 20.9 Å². The Balaban J connectivity index is 1.81. The third-order valence-electron chi connectivity index (χ3n) is 4.50. The lowest BCUT2D eigenvalue weighted by Crippen LogP contribution is -2.35. The molecule has 0 bridgehead atoms. The molecule has 1 aliphatic carbocycles. The Labute approximate surface area is 167 Å². The number of thiophene rings is 1. The number of rotatable bonds is 4. The largest absolute Gasteiger partial charge is 0.462 e. The van der Waals surface area contributed by atoms with Crippen LogP contribution in [-0.2, 0) is 24.6 Å². The van der Waals surface area contributed by atoms with Crippen LogP contribution in [0.15, 0.2) is 12.3 Å². The summed E-state index contributed by atoms with van der Waals surface area (Å²) >= 11 is 6.79. The average molecular weight is 407 g/mol. The number of anilines is 1. The van der Waals surface area contributed by atoms with Crippen molar-refractivity contribution in [3.05, 3.63) is 34.0 Å². The quantitative estimate of drug-likeness (QED) is 0.600. The van der Waals surface area contributed by atoms with E-state index in [9.17, 15) is 9.59 Å². The van der Waals surface area contributed by atoms with Gasteiger partial charge in [-0.05, 0) is 56.0 Å². The first-order valence-electron chi connectivity index (χ1n) is 8.82. The Kier molecular flexibility index (Phi) is 5.91. The zero-order chi connectivity index (χ0) is 19.6. The lowest BCUT2D eigenvalue weighted by molar-refractivity contribution is 0.0526. The number of esters is 1. The number of carbonyl (C=O) groups is 2. The van der Waals surface area contributed by atoms with E-state index in [0.717, 1.165) is 24.8 Å². The Morgan fingerprint density at radius 2 is 2.26 bits per heavy atom. The van der Waals surface area contributed by atoms with Crippen molar-refractivity contribution < 1.29 is 14.3 Å². The molecular weight excluding hydrogens is 384 g/mol. The molecular formula is C18H22N4O3S2. The second-order valence-electron chi connectivity index (χ2n) is 6.52.